The van der Waals surface area contributed by atoms with Crippen molar-refractivity contribution < 1.29 is 0 Å². The predicted octanol–water partition coefficient (Wildman–Crippen LogP) is 2.13. The molecule has 1 aliphatic rings. The molecule has 1 aliphatic heterocycles. The van der Waals surface area contributed by atoms with Crippen LogP contribution in [0.5, 0.6) is 0 Å². The third kappa shape index (κ3) is 3.25. The number of nitrogen functional groups attached to an aromatic ring is 1. The second-order valence-corrected chi connectivity index (χ2v) is 5.71. The number of aromatic nitrogens is 2. The standard InChI is InChI=1S/C15H18ClN5/c1-20-5-7-21(8-6-20)14-10-13(18-15(17)19-14)11-3-2-4-12(16)9-11/h2-4,9-10H,5-8H2,1H3,(H2,17,18,19). The molecule has 0 amide bonds. The van der Waals surface area contributed by atoms with Gasteiger partial charge in [-0.25, -0.2) is 4.98 Å². The van der Waals surface area contributed by atoms with Crippen molar-refractivity contribution in [2.24, 2.45) is 0 Å². The van der Waals surface area contributed by atoms with Gasteiger partial charge in [0, 0.05) is 42.8 Å². The molecule has 0 unspecified atom stereocenters. The number of hydrogen-bond acceptors (Lipinski definition) is 5. The molecule has 0 atom stereocenters. The molecule has 5 nitrogen and oxygen atoms in total. The summed E-state index contributed by atoms with van der Waals surface area (Å²) in [4.78, 5) is 13.2. The summed E-state index contributed by atoms with van der Waals surface area (Å²) in [5.41, 5.74) is 7.63. The van der Waals surface area contributed by atoms with E-state index >= 15 is 0 Å². The summed E-state index contributed by atoms with van der Waals surface area (Å²) in [6.07, 6.45) is 0. The molecular formula is C15H18ClN5. The van der Waals surface area contributed by atoms with Gasteiger partial charge in [0.25, 0.3) is 0 Å². The number of piperazine rings is 1. The molecule has 0 bridgehead atoms. The van der Waals surface area contributed by atoms with Crippen LogP contribution in [0.4, 0.5) is 11.8 Å². The van der Waals surface area contributed by atoms with Crippen LogP contribution in [0.1, 0.15) is 0 Å². The van der Waals surface area contributed by atoms with Crippen molar-refractivity contribution in [3.05, 3.63) is 35.4 Å². The van der Waals surface area contributed by atoms with E-state index in [9.17, 15) is 0 Å². The average Bonchev–Trinajstić information content (AvgIpc) is 2.47. The van der Waals surface area contributed by atoms with E-state index in [4.69, 9.17) is 17.3 Å². The smallest absolute Gasteiger partial charge is 0.222 e. The first kappa shape index (κ1) is 14.1. The summed E-state index contributed by atoms with van der Waals surface area (Å²) in [5, 5.41) is 0.686. The number of hydrogen-bond donors (Lipinski definition) is 1. The molecule has 1 aromatic heterocycles. The van der Waals surface area contributed by atoms with Crippen LogP contribution >= 0.6 is 11.6 Å². The normalized spacial score (nSPS) is 16.2. The van der Waals surface area contributed by atoms with Crippen molar-refractivity contribution in [1.29, 1.82) is 0 Å². The third-order valence-electron chi connectivity index (χ3n) is 3.68. The predicted molar refractivity (Wildman–Crippen MR) is 86.6 cm³/mol. The molecule has 21 heavy (non-hydrogen) atoms. The number of halogens is 1. The maximum absolute atomic E-state index is 6.05. The van der Waals surface area contributed by atoms with E-state index in [1.807, 2.05) is 30.3 Å². The lowest BCUT2D eigenvalue weighted by Crippen LogP contribution is -2.44. The summed E-state index contributed by atoms with van der Waals surface area (Å²) in [7, 11) is 2.13. The van der Waals surface area contributed by atoms with Crippen LogP contribution in [-0.4, -0.2) is 48.1 Å². The van der Waals surface area contributed by atoms with Gasteiger partial charge in [-0.1, -0.05) is 23.7 Å². The highest BCUT2D eigenvalue weighted by atomic mass is 35.5. The second-order valence-electron chi connectivity index (χ2n) is 5.27. The van der Waals surface area contributed by atoms with Crippen LogP contribution in [0.2, 0.25) is 5.02 Å². The highest BCUT2D eigenvalue weighted by molar-refractivity contribution is 6.30. The summed E-state index contributed by atoms with van der Waals surface area (Å²) in [5.74, 6) is 1.17. The van der Waals surface area contributed by atoms with Crippen LogP contribution in [-0.2, 0) is 0 Å². The lowest BCUT2D eigenvalue weighted by molar-refractivity contribution is 0.312. The molecule has 2 heterocycles. The van der Waals surface area contributed by atoms with Gasteiger partial charge in [0.1, 0.15) is 5.82 Å². The van der Waals surface area contributed by atoms with Crippen LogP contribution in [0, 0.1) is 0 Å². The van der Waals surface area contributed by atoms with Gasteiger partial charge in [0.2, 0.25) is 5.95 Å². The SMILES string of the molecule is CN1CCN(c2cc(-c3cccc(Cl)c3)nc(N)n2)CC1. The lowest BCUT2D eigenvalue weighted by Gasteiger charge is -2.33. The molecule has 0 aliphatic carbocycles. The Bertz CT molecular complexity index is 638. The molecule has 1 saturated heterocycles. The molecule has 0 saturated carbocycles. The number of nitrogens with two attached hydrogens (primary N) is 1. The van der Waals surface area contributed by atoms with Crippen LogP contribution in [0.15, 0.2) is 30.3 Å². The van der Waals surface area contributed by atoms with E-state index in [0.29, 0.717) is 11.0 Å². The number of rotatable bonds is 2. The summed E-state index contributed by atoms with van der Waals surface area (Å²) in [6.45, 7) is 3.94. The van der Waals surface area contributed by atoms with E-state index < -0.39 is 0 Å². The van der Waals surface area contributed by atoms with E-state index in [1.54, 1.807) is 0 Å². The quantitative estimate of drug-likeness (QED) is 0.921. The Hall–Kier alpha value is -1.85. The molecule has 2 aromatic rings. The van der Waals surface area contributed by atoms with Crippen molar-refractivity contribution in [2.45, 2.75) is 0 Å². The first-order chi connectivity index (χ1) is 10.1. The summed E-state index contributed by atoms with van der Waals surface area (Å²) in [6, 6.07) is 9.59. The van der Waals surface area contributed by atoms with Gasteiger partial charge in [-0.05, 0) is 19.2 Å². The molecular weight excluding hydrogens is 286 g/mol. The molecule has 1 fully saturated rings. The number of likely N-dealkylation sites (N-methyl/N-ethyl adjacent to an activating group) is 1. The minimum Gasteiger partial charge on any atom is -0.368 e. The lowest BCUT2D eigenvalue weighted by atomic mass is 10.1. The zero-order valence-corrected chi connectivity index (χ0v) is 12.7. The monoisotopic (exact) mass is 303 g/mol. The van der Waals surface area contributed by atoms with Gasteiger partial charge in [-0.2, -0.15) is 4.98 Å². The van der Waals surface area contributed by atoms with Gasteiger partial charge < -0.3 is 15.5 Å². The summed E-state index contributed by atoms with van der Waals surface area (Å²) >= 11 is 6.05. The topological polar surface area (TPSA) is 58.3 Å². The molecule has 0 radical (unpaired) electrons. The highest BCUT2D eigenvalue weighted by Crippen LogP contribution is 2.25. The Morgan fingerprint density at radius 1 is 1.10 bits per heavy atom. The van der Waals surface area contributed by atoms with Crippen molar-refractivity contribution in [3.63, 3.8) is 0 Å². The highest BCUT2D eigenvalue weighted by Gasteiger charge is 2.17. The summed E-state index contributed by atoms with van der Waals surface area (Å²) < 4.78 is 0. The first-order valence-corrected chi connectivity index (χ1v) is 7.33. The number of anilines is 2. The molecule has 1 aromatic carbocycles. The Morgan fingerprint density at radius 3 is 2.57 bits per heavy atom. The Kier molecular flexibility index (Phi) is 3.94. The molecule has 110 valence electrons. The van der Waals surface area contributed by atoms with E-state index in [-0.39, 0.29) is 0 Å². The van der Waals surface area contributed by atoms with Crippen molar-refractivity contribution in [2.75, 3.05) is 43.9 Å². The van der Waals surface area contributed by atoms with E-state index in [1.165, 1.54) is 0 Å². The molecule has 2 N–H and O–H groups in total. The fourth-order valence-electron chi connectivity index (χ4n) is 2.45. The number of benzene rings is 1. The van der Waals surface area contributed by atoms with Crippen molar-refractivity contribution in [1.82, 2.24) is 14.9 Å². The van der Waals surface area contributed by atoms with Crippen LogP contribution < -0.4 is 10.6 Å². The van der Waals surface area contributed by atoms with E-state index in [2.05, 4.69) is 26.8 Å². The van der Waals surface area contributed by atoms with Crippen LogP contribution in [0.3, 0.4) is 0 Å². The van der Waals surface area contributed by atoms with Gasteiger partial charge >= 0.3 is 0 Å². The first-order valence-electron chi connectivity index (χ1n) is 6.96. The minimum absolute atomic E-state index is 0.293. The van der Waals surface area contributed by atoms with Gasteiger partial charge in [-0.15, -0.1) is 0 Å². The van der Waals surface area contributed by atoms with Gasteiger partial charge in [0.05, 0.1) is 5.69 Å². The Morgan fingerprint density at radius 2 is 1.86 bits per heavy atom. The second kappa shape index (κ2) is 5.87. The maximum atomic E-state index is 6.05. The minimum atomic E-state index is 0.293. The van der Waals surface area contributed by atoms with Crippen LogP contribution in [0.25, 0.3) is 11.3 Å². The molecule has 6 heteroatoms. The fraction of sp³-hybridized carbons (Fsp3) is 0.333. The van der Waals surface area contributed by atoms with Crippen molar-refractivity contribution >= 4 is 23.4 Å². The third-order valence-corrected chi connectivity index (χ3v) is 3.91. The zero-order chi connectivity index (χ0) is 14.8. The maximum Gasteiger partial charge on any atom is 0.222 e. The molecule has 0 spiro atoms. The average molecular weight is 304 g/mol. The zero-order valence-electron chi connectivity index (χ0n) is 12.0. The van der Waals surface area contributed by atoms with Crippen molar-refractivity contribution in [3.8, 4) is 11.3 Å². The van der Waals surface area contributed by atoms with E-state index in [0.717, 1.165) is 43.3 Å². The number of nitrogens with zero attached hydrogens (tertiary/aromatic N) is 4. The molecule has 3 rings (SSSR count). The van der Waals surface area contributed by atoms with Gasteiger partial charge in [0.15, 0.2) is 0 Å². The van der Waals surface area contributed by atoms with Gasteiger partial charge in [-0.3, -0.25) is 0 Å². The Labute approximate surface area is 129 Å². The fourth-order valence-corrected chi connectivity index (χ4v) is 2.64. The largest absolute Gasteiger partial charge is 0.368 e. The Balaban J connectivity index is 1.93.